The number of aliphatic imine (C=N–C) groups is 1. The molecule has 0 spiro atoms. The van der Waals surface area contributed by atoms with Crippen LogP contribution in [0.15, 0.2) is 29.3 Å². The van der Waals surface area contributed by atoms with E-state index in [0.717, 1.165) is 19.0 Å². The first-order chi connectivity index (χ1) is 13.3. The van der Waals surface area contributed by atoms with Gasteiger partial charge in [0.1, 0.15) is 0 Å². The first-order valence-corrected chi connectivity index (χ1v) is 10.8. The summed E-state index contributed by atoms with van der Waals surface area (Å²) >= 11 is 0. The summed E-state index contributed by atoms with van der Waals surface area (Å²) < 4.78 is 0. The molecule has 0 bridgehead atoms. The number of benzene rings is 1. The van der Waals surface area contributed by atoms with Gasteiger partial charge in [0.25, 0.3) is 0 Å². The molecule has 1 heterocycles. The van der Waals surface area contributed by atoms with Crippen molar-refractivity contribution in [2.45, 2.75) is 58.2 Å². The lowest BCUT2D eigenvalue weighted by Gasteiger charge is -2.34. The molecule has 1 aromatic rings. The topological polar surface area (TPSA) is 42.9 Å². The zero-order valence-corrected chi connectivity index (χ0v) is 17.2. The Balaban J connectivity index is 1.41. The van der Waals surface area contributed by atoms with Crippen molar-refractivity contribution in [1.82, 2.24) is 20.4 Å². The molecule has 2 N–H and O–H groups in total. The summed E-state index contributed by atoms with van der Waals surface area (Å²) in [7, 11) is 1.86. The quantitative estimate of drug-likeness (QED) is 0.596. The van der Waals surface area contributed by atoms with Gasteiger partial charge in [-0.25, -0.2) is 0 Å². The van der Waals surface area contributed by atoms with Gasteiger partial charge in [-0.05, 0) is 30.5 Å². The lowest BCUT2D eigenvalue weighted by molar-refractivity contribution is 0.132. The number of rotatable bonds is 6. The molecule has 0 atom stereocenters. The van der Waals surface area contributed by atoms with Gasteiger partial charge >= 0.3 is 0 Å². The zero-order chi connectivity index (χ0) is 18.9. The maximum atomic E-state index is 4.39. The van der Waals surface area contributed by atoms with Gasteiger partial charge in [0, 0.05) is 52.4 Å². The van der Waals surface area contributed by atoms with Gasteiger partial charge in [0.05, 0.1) is 0 Å². The molecule has 5 nitrogen and oxygen atoms in total. The standard InChI is InChI=1S/C22H37N5/c1-3-26-13-15-27(16-14-26)18-20-11-9-19(10-12-20)17-24-22(23-2)25-21-7-5-4-6-8-21/h9-12,21H,3-8,13-18H2,1-2H3,(H2,23,24,25). The summed E-state index contributed by atoms with van der Waals surface area (Å²) in [6, 6.07) is 9.64. The van der Waals surface area contributed by atoms with E-state index < -0.39 is 0 Å². The molecule has 2 fully saturated rings. The van der Waals surface area contributed by atoms with Crippen LogP contribution in [-0.2, 0) is 13.1 Å². The van der Waals surface area contributed by atoms with Crippen molar-refractivity contribution < 1.29 is 0 Å². The average Bonchev–Trinajstić information content (AvgIpc) is 2.73. The molecule has 150 valence electrons. The molecule has 1 aromatic carbocycles. The van der Waals surface area contributed by atoms with Gasteiger partial charge in [-0.2, -0.15) is 0 Å². The Morgan fingerprint density at radius 2 is 1.59 bits per heavy atom. The number of piperazine rings is 1. The van der Waals surface area contributed by atoms with Gasteiger partial charge in [-0.15, -0.1) is 0 Å². The largest absolute Gasteiger partial charge is 0.354 e. The Hall–Kier alpha value is -1.59. The van der Waals surface area contributed by atoms with Crippen molar-refractivity contribution in [3.63, 3.8) is 0 Å². The van der Waals surface area contributed by atoms with Crippen LogP contribution in [-0.4, -0.2) is 61.6 Å². The first-order valence-electron chi connectivity index (χ1n) is 10.8. The molecule has 0 radical (unpaired) electrons. The number of nitrogens with zero attached hydrogens (tertiary/aromatic N) is 3. The van der Waals surface area contributed by atoms with E-state index in [9.17, 15) is 0 Å². The SMILES string of the molecule is CCN1CCN(Cc2ccc(CNC(=NC)NC3CCCCC3)cc2)CC1. The van der Waals surface area contributed by atoms with Crippen LogP contribution < -0.4 is 10.6 Å². The fourth-order valence-corrected chi connectivity index (χ4v) is 4.11. The second-order valence-electron chi connectivity index (χ2n) is 7.93. The molecule has 1 saturated heterocycles. The Labute approximate surface area is 165 Å². The number of nitrogens with one attached hydrogen (secondary N) is 2. The van der Waals surface area contributed by atoms with E-state index in [1.54, 1.807) is 0 Å². The van der Waals surface area contributed by atoms with E-state index in [4.69, 9.17) is 0 Å². The first kappa shape index (κ1) is 20.2. The van der Waals surface area contributed by atoms with Crippen molar-refractivity contribution in [3.05, 3.63) is 35.4 Å². The highest BCUT2D eigenvalue weighted by molar-refractivity contribution is 5.79. The van der Waals surface area contributed by atoms with E-state index in [0.29, 0.717) is 6.04 Å². The number of guanidine groups is 1. The van der Waals surface area contributed by atoms with E-state index in [1.807, 2.05) is 7.05 Å². The monoisotopic (exact) mass is 371 g/mol. The maximum absolute atomic E-state index is 4.39. The molecule has 0 unspecified atom stereocenters. The van der Waals surface area contributed by atoms with Gasteiger partial charge in [0.15, 0.2) is 5.96 Å². The fraction of sp³-hybridized carbons (Fsp3) is 0.682. The second-order valence-corrected chi connectivity index (χ2v) is 7.93. The molecule has 1 saturated carbocycles. The summed E-state index contributed by atoms with van der Waals surface area (Å²) in [5.74, 6) is 0.930. The van der Waals surface area contributed by atoms with Crippen LogP contribution in [0.2, 0.25) is 0 Å². The van der Waals surface area contributed by atoms with Crippen LogP contribution in [0.25, 0.3) is 0 Å². The normalized spacial score (nSPS) is 20.6. The molecular formula is C22H37N5. The van der Waals surface area contributed by atoms with Gasteiger partial charge < -0.3 is 15.5 Å². The van der Waals surface area contributed by atoms with Crippen LogP contribution in [0, 0.1) is 0 Å². The van der Waals surface area contributed by atoms with Crippen molar-refractivity contribution in [2.75, 3.05) is 39.8 Å². The van der Waals surface area contributed by atoms with E-state index >= 15 is 0 Å². The second kappa shape index (κ2) is 10.7. The number of hydrogen-bond acceptors (Lipinski definition) is 3. The average molecular weight is 372 g/mol. The lowest BCUT2D eigenvalue weighted by atomic mass is 9.96. The third kappa shape index (κ3) is 6.51. The van der Waals surface area contributed by atoms with Crippen molar-refractivity contribution in [2.24, 2.45) is 4.99 Å². The summed E-state index contributed by atoms with van der Waals surface area (Å²) in [4.78, 5) is 9.48. The highest BCUT2D eigenvalue weighted by Gasteiger charge is 2.16. The Morgan fingerprint density at radius 3 is 2.22 bits per heavy atom. The molecule has 2 aliphatic rings. The Kier molecular flexibility index (Phi) is 7.96. The summed E-state index contributed by atoms with van der Waals surface area (Å²) in [6.07, 6.45) is 6.59. The highest BCUT2D eigenvalue weighted by atomic mass is 15.3. The number of hydrogen-bond donors (Lipinski definition) is 2. The molecule has 3 rings (SSSR count). The maximum Gasteiger partial charge on any atom is 0.191 e. The molecule has 0 amide bonds. The third-order valence-corrected chi connectivity index (χ3v) is 5.97. The van der Waals surface area contributed by atoms with Crippen molar-refractivity contribution in [1.29, 1.82) is 0 Å². The summed E-state index contributed by atoms with van der Waals surface area (Å²) in [5.41, 5.74) is 2.72. The number of likely N-dealkylation sites (N-methyl/N-ethyl adjacent to an activating group) is 1. The predicted octanol–water partition coefficient (Wildman–Crippen LogP) is 2.82. The van der Waals surface area contributed by atoms with Crippen LogP contribution in [0.1, 0.15) is 50.2 Å². The molecule has 1 aliphatic carbocycles. The molecule has 0 aromatic heterocycles. The molecular weight excluding hydrogens is 334 g/mol. The van der Waals surface area contributed by atoms with E-state index in [-0.39, 0.29) is 0 Å². The summed E-state index contributed by atoms with van der Waals surface area (Å²) in [5, 5.41) is 7.05. The van der Waals surface area contributed by atoms with Crippen LogP contribution in [0.3, 0.4) is 0 Å². The van der Waals surface area contributed by atoms with Crippen LogP contribution in [0.5, 0.6) is 0 Å². The van der Waals surface area contributed by atoms with E-state index in [2.05, 4.69) is 56.6 Å². The predicted molar refractivity (Wildman–Crippen MR) is 114 cm³/mol. The third-order valence-electron chi connectivity index (χ3n) is 5.97. The fourth-order valence-electron chi connectivity index (χ4n) is 4.11. The highest BCUT2D eigenvalue weighted by Crippen LogP contribution is 2.17. The Morgan fingerprint density at radius 1 is 0.963 bits per heavy atom. The van der Waals surface area contributed by atoms with Crippen LogP contribution >= 0.6 is 0 Å². The smallest absolute Gasteiger partial charge is 0.191 e. The zero-order valence-electron chi connectivity index (χ0n) is 17.2. The van der Waals surface area contributed by atoms with Gasteiger partial charge in [-0.1, -0.05) is 50.5 Å². The van der Waals surface area contributed by atoms with Crippen molar-refractivity contribution in [3.8, 4) is 0 Å². The molecule has 27 heavy (non-hydrogen) atoms. The van der Waals surface area contributed by atoms with Crippen LogP contribution in [0.4, 0.5) is 0 Å². The molecule has 5 heteroatoms. The minimum absolute atomic E-state index is 0.584. The Bertz CT molecular complexity index is 569. The van der Waals surface area contributed by atoms with Gasteiger partial charge in [-0.3, -0.25) is 9.89 Å². The summed E-state index contributed by atoms with van der Waals surface area (Å²) in [6.45, 7) is 10.1. The van der Waals surface area contributed by atoms with Crippen molar-refractivity contribution >= 4 is 5.96 Å². The minimum atomic E-state index is 0.584. The van der Waals surface area contributed by atoms with Gasteiger partial charge in [0.2, 0.25) is 0 Å². The van der Waals surface area contributed by atoms with E-state index in [1.165, 1.54) is 76.0 Å². The minimum Gasteiger partial charge on any atom is -0.354 e. The lowest BCUT2D eigenvalue weighted by Crippen LogP contribution is -2.45. The molecule has 1 aliphatic heterocycles.